The maximum Gasteiger partial charge on any atom is 0.573 e. The number of halogens is 3. The summed E-state index contributed by atoms with van der Waals surface area (Å²) in [4.78, 5) is 30.2. The normalized spacial score (nSPS) is 17.0. The van der Waals surface area contributed by atoms with Gasteiger partial charge in [-0.2, -0.15) is 4.98 Å². The maximum absolute atomic E-state index is 12.7. The van der Waals surface area contributed by atoms with Gasteiger partial charge in [0.05, 0.1) is 10.5 Å². The molecule has 4 N–H and O–H groups in total. The maximum atomic E-state index is 12.7. The minimum atomic E-state index is -4.85. The van der Waals surface area contributed by atoms with Crippen molar-refractivity contribution in [2.24, 2.45) is 5.92 Å². The summed E-state index contributed by atoms with van der Waals surface area (Å²) in [6, 6.07) is 12.7. The number of nitro groups is 1. The lowest BCUT2D eigenvalue weighted by molar-refractivity contribution is -0.384. The number of alkyl halides is 3. The minimum Gasteiger partial charge on any atom is -0.478 e. The van der Waals surface area contributed by atoms with Crippen LogP contribution < -0.4 is 20.7 Å². The summed E-state index contributed by atoms with van der Waals surface area (Å²) in [5, 5.41) is 30.0. The van der Waals surface area contributed by atoms with Crippen molar-refractivity contribution in [3.8, 4) is 5.75 Å². The van der Waals surface area contributed by atoms with Crippen molar-refractivity contribution in [1.29, 1.82) is 0 Å². The van der Waals surface area contributed by atoms with Crippen molar-refractivity contribution in [3.63, 3.8) is 0 Å². The number of benzene rings is 2. The molecule has 1 aliphatic carbocycles. The highest BCUT2D eigenvalue weighted by molar-refractivity contribution is 5.87. The van der Waals surface area contributed by atoms with Gasteiger partial charge in [0.2, 0.25) is 11.8 Å². The highest BCUT2D eigenvalue weighted by Gasteiger charge is 2.32. The molecule has 41 heavy (non-hydrogen) atoms. The molecule has 0 aliphatic heterocycles. The molecule has 0 bridgehead atoms. The van der Waals surface area contributed by atoms with E-state index in [4.69, 9.17) is 5.11 Å². The zero-order chi connectivity index (χ0) is 29.4. The molecule has 0 radical (unpaired) electrons. The number of para-hydroxylation sites is 1. The van der Waals surface area contributed by atoms with Gasteiger partial charge in [0.15, 0.2) is 0 Å². The first kappa shape index (κ1) is 29.5. The van der Waals surface area contributed by atoms with Crippen LogP contribution in [0.2, 0.25) is 0 Å². The van der Waals surface area contributed by atoms with Crippen molar-refractivity contribution < 1.29 is 32.7 Å². The van der Waals surface area contributed by atoms with E-state index in [0.29, 0.717) is 13.1 Å². The number of nitrogens with one attached hydrogen (secondary N) is 3. The second-order valence-electron chi connectivity index (χ2n) is 9.68. The fourth-order valence-corrected chi connectivity index (χ4v) is 4.66. The number of carbonyl (C=O) groups is 1. The number of carboxylic acids is 1. The standard InChI is InChI=1S/C27H29F3N6O5/c28-27(29,30)41-23-7-2-1-5-20(23)15-33-26-34-16-22(36(39)40)24(35-26)32-13-17-8-10-21(11-9-17)31-14-18-4-3-6-19(12-18)25(37)38/h1-7,12,16-17,21,31H,8-11,13-15H2,(H,37,38)(H2,32,33,34,35)/t17-,21-. The Kier molecular flexibility index (Phi) is 9.55. The van der Waals surface area contributed by atoms with E-state index >= 15 is 0 Å². The number of aromatic carboxylic acids is 1. The van der Waals surface area contributed by atoms with E-state index in [9.17, 15) is 28.1 Å². The van der Waals surface area contributed by atoms with Crippen LogP contribution in [0, 0.1) is 16.0 Å². The third-order valence-corrected chi connectivity index (χ3v) is 6.78. The van der Waals surface area contributed by atoms with Crippen LogP contribution in [0.4, 0.5) is 30.6 Å². The lowest BCUT2D eigenvalue weighted by Gasteiger charge is -2.29. The van der Waals surface area contributed by atoms with Crippen LogP contribution in [0.3, 0.4) is 0 Å². The van der Waals surface area contributed by atoms with Crippen LogP contribution in [0.1, 0.15) is 47.2 Å². The van der Waals surface area contributed by atoms with Gasteiger partial charge in [0, 0.05) is 31.2 Å². The molecule has 1 aromatic heterocycles. The summed E-state index contributed by atoms with van der Waals surface area (Å²) in [5.41, 5.74) is 1.04. The molecular weight excluding hydrogens is 545 g/mol. The third kappa shape index (κ3) is 8.76. The number of ether oxygens (including phenoxy) is 1. The topological polar surface area (TPSA) is 152 Å². The van der Waals surface area contributed by atoms with E-state index in [1.807, 2.05) is 6.07 Å². The number of rotatable bonds is 12. The summed E-state index contributed by atoms with van der Waals surface area (Å²) in [6.07, 6.45) is -0.262. The fraction of sp³-hybridized carbons (Fsp3) is 0.370. The van der Waals surface area contributed by atoms with Gasteiger partial charge >= 0.3 is 18.0 Å². The predicted molar refractivity (Wildman–Crippen MR) is 144 cm³/mol. The second kappa shape index (κ2) is 13.3. The van der Waals surface area contributed by atoms with Crippen LogP contribution in [-0.4, -0.2) is 44.9 Å². The average Bonchev–Trinajstić information content (AvgIpc) is 2.94. The van der Waals surface area contributed by atoms with E-state index in [-0.39, 0.29) is 52.8 Å². The Morgan fingerprint density at radius 1 is 1.07 bits per heavy atom. The Labute approximate surface area is 233 Å². The van der Waals surface area contributed by atoms with Gasteiger partial charge < -0.3 is 25.8 Å². The zero-order valence-corrected chi connectivity index (χ0v) is 21.9. The molecule has 1 fully saturated rings. The molecule has 14 heteroatoms. The third-order valence-electron chi connectivity index (χ3n) is 6.78. The van der Waals surface area contributed by atoms with Crippen molar-refractivity contribution in [2.45, 2.75) is 51.2 Å². The Morgan fingerprint density at radius 2 is 1.83 bits per heavy atom. The molecule has 1 heterocycles. The highest BCUT2D eigenvalue weighted by atomic mass is 19.4. The molecule has 11 nitrogen and oxygen atoms in total. The van der Waals surface area contributed by atoms with E-state index in [1.54, 1.807) is 24.3 Å². The summed E-state index contributed by atoms with van der Waals surface area (Å²) in [7, 11) is 0. The summed E-state index contributed by atoms with van der Waals surface area (Å²) >= 11 is 0. The quantitative estimate of drug-likeness (QED) is 0.164. The van der Waals surface area contributed by atoms with Gasteiger partial charge in [-0.1, -0.05) is 30.3 Å². The summed E-state index contributed by atoms with van der Waals surface area (Å²) in [6.45, 7) is 0.915. The minimum absolute atomic E-state index is 0.0137. The zero-order valence-electron chi connectivity index (χ0n) is 21.9. The molecule has 218 valence electrons. The fourth-order valence-electron chi connectivity index (χ4n) is 4.66. The largest absolute Gasteiger partial charge is 0.573 e. The van der Waals surface area contributed by atoms with Crippen LogP contribution in [0.25, 0.3) is 0 Å². The Morgan fingerprint density at radius 3 is 2.54 bits per heavy atom. The molecule has 0 saturated heterocycles. The van der Waals surface area contributed by atoms with Crippen molar-refractivity contribution in [1.82, 2.24) is 15.3 Å². The molecule has 1 aliphatic rings. The van der Waals surface area contributed by atoms with E-state index in [2.05, 4.69) is 30.7 Å². The van der Waals surface area contributed by atoms with E-state index < -0.39 is 17.3 Å². The molecule has 0 amide bonds. The summed E-state index contributed by atoms with van der Waals surface area (Å²) < 4.78 is 42.2. The van der Waals surface area contributed by atoms with E-state index in [1.165, 1.54) is 18.2 Å². The van der Waals surface area contributed by atoms with Crippen LogP contribution in [0.5, 0.6) is 5.75 Å². The molecule has 1 saturated carbocycles. The van der Waals surface area contributed by atoms with Crippen molar-refractivity contribution in [3.05, 3.63) is 81.5 Å². The number of carboxylic acid groups (broad SMARTS) is 1. The van der Waals surface area contributed by atoms with Gasteiger partial charge in [0.1, 0.15) is 11.9 Å². The number of hydrogen-bond acceptors (Lipinski definition) is 9. The number of hydrogen-bond donors (Lipinski definition) is 4. The lowest BCUT2D eigenvalue weighted by Crippen LogP contribution is -2.34. The first-order valence-electron chi connectivity index (χ1n) is 13.0. The Hall–Kier alpha value is -4.46. The molecular formula is C27H29F3N6O5. The number of aromatic nitrogens is 2. The second-order valence-corrected chi connectivity index (χ2v) is 9.68. The first-order chi connectivity index (χ1) is 19.6. The van der Waals surface area contributed by atoms with Gasteiger partial charge in [-0.15, -0.1) is 13.2 Å². The van der Waals surface area contributed by atoms with Crippen LogP contribution in [0.15, 0.2) is 54.7 Å². The van der Waals surface area contributed by atoms with E-state index in [0.717, 1.165) is 37.4 Å². The SMILES string of the molecule is O=C(O)c1cccc(CN[C@H]2CC[C@H](CNc3nc(NCc4ccccc4OC(F)(F)F)ncc3[N+](=O)[O-])CC2)c1. The van der Waals surface area contributed by atoms with Crippen LogP contribution >= 0.6 is 0 Å². The van der Waals surface area contributed by atoms with Crippen molar-refractivity contribution in [2.75, 3.05) is 17.2 Å². The monoisotopic (exact) mass is 574 g/mol. The summed E-state index contributed by atoms with van der Waals surface area (Å²) in [5.74, 6) is -1.05. The van der Waals surface area contributed by atoms with Crippen molar-refractivity contribution >= 4 is 23.4 Å². The average molecular weight is 575 g/mol. The first-order valence-corrected chi connectivity index (χ1v) is 13.0. The van der Waals surface area contributed by atoms with Gasteiger partial charge in [0.25, 0.3) is 0 Å². The molecule has 0 spiro atoms. The molecule has 0 unspecified atom stereocenters. The highest BCUT2D eigenvalue weighted by Crippen LogP contribution is 2.29. The van der Waals surface area contributed by atoms with Gasteiger partial charge in [-0.3, -0.25) is 10.1 Å². The Balaban J connectivity index is 1.30. The Bertz CT molecular complexity index is 1370. The molecule has 0 atom stereocenters. The number of nitrogens with zero attached hydrogens (tertiary/aromatic N) is 3. The molecule has 3 aromatic rings. The molecule has 4 rings (SSSR count). The van der Waals surface area contributed by atoms with Gasteiger partial charge in [-0.05, 0) is 55.4 Å². The molecule has 2 aromatic carbocycles. The predicted octanol–water partition coefficient (Wildman–Crippen LogP) is 5.35. The van der Waals surface area contributed by atoms with Crippen LogP contribution in [-0.2, 0) is 13.1 Å². The van der Waals surface area contributed by atoms with Gasteiger partial charge in [-0.25, -0.2) is 9.78 Å². The smallest absolute Gasteiger partial charge is 0.478 e. The number of anilines is 2. The lowest BCUT2D eigenvalue weighted by atomic mass is 9.86.